The number of anilines is 1. The van der Waals surface area contributed by atoms with Crippen molar-refractivity contribution in [2.24, 2.45) is 0 Å². The first-order valence-corrected chi connectivity index (χ1v) is 8.15. The van der Waals surface area contributed by atoms with Crippen molar-refractivity contribution in [1.82, 2.24) is 4.57 Å². The molecule has 0 spiro atoms. The molecule has 0 saturated heterocycles. The highest BCUT2D eigenvalue weighted by atomic mass is 35.5. The number of nitrogens with zero attached hydrogens (tertiary/aromatic N) is 1. The molecule has 0 saturated carbocycles. The Labute approximate surface area is 148 Å². The minimum atomic E-state index is -0.503. The fraction of sp³-hybridized carbons (Fsp3) is 0.111. The SMILES string of the molecule is CCn1cc(C(=O)Nc2ccc(Cl)cc2Cl)c(=O)c2ccccc21. The van der Waals surface area contributed by atoms with Crippen LogP contribution < -0.4 is 10.7 Å². The van der Waals surface area contributed by atoms with E-state index in [-0.39, 0.29) is 11.0 Å². The van der Waals surface area contributed by atoms with Crippen molar-refractivity contribution in [3.05, 3.63) is 74.5 Å². The van der Waals surface area contributed by atoms with Crippen molar-refractivity contribution in [2.75, 3.05) is 5.32 Å². The summed E-state index contributed by atoms with van der Waals surface area (Å²) in [5.41, 5.74) is 0.965. The van der Waals surface area contributed by atoms with Gasteiger partial charge in [-0.15, -0.1) is 0 Å². The van der Waals surface area contributed by atoms with E-state index in [1.807, 2.05) is 23.6 Å². The molecule has 0 radical (unpaired) electrons. The number of hydrogen-bond acceptors (Lipinski definition) is 2. The van der Waals surface area contributed by atoms with Crippen molar-refractivity contribution in [3.63, 3.8) is 0 Å². The molecule has 0 aliphatic rings. The maximum absolute atomic E-state index is 12.6. The minimum absolute atomic E-state index is 0.0709. The van der Waals surface area contributed by atoms with Crippen LogP contribution in [0, 0.1) is 0 Å². The monoisotopic (exact) mass is 360 g/mol. The van der Waals surface area contributed by atoms with Gasteiger partial charge in [-0.1, -0.05) is 35.3 Å². The van der Waals surface area contributed by atoms with Gasteiger partial charge in [0.25, 0.3) is 5.91 Å². The number of fused-ring (bicyclic) bond motifs is 1. The van der Waals surface area contributed by atoms with E-state index in [4.69, 9.17) is 23.2 Å². The smallest absolute Gasteiger partial charge is 0.261 e. The molecule has 0 aliphatic carbocycles. The standard InChI is InChI=1S/C18H14Cl2N2O2/c1-2-22-10-13(17(23)12-5-3-4-6-16(12)22)18(24)21-15-8-7-11(19)9-14(15)20/h3-10H,2H2,1H3,(H,21,24). The van der Waals surface area contributed by atoms with E-state index in [2.05, 4.69) is 5.32 Å². The Balaban J connectivity index is 2.07. The van der Waals surface area contributed by atoms with Gasteiger partial charge in [0, 0.05) is 23.2 Å². The number of aromatic nitrogens is 1. The topological polar surface area (TPSA) is 51.1 Å². The second-order valence-corrected chi connectivity index (χ2v) is 6.10. The lowest BCUT2D eigenvalue weighted by Crippen LogP contribution is -2.24. The Morgan fingerprint density at radius 1 is 1.17 bits per heavy atom. The molecule has 4 nitrogen and oxygen atoms in total. The summed E-state index contributed by atoms with van der Waals surface area (Å²) < 4.78 is 1.87. The number of benzene rings is 2. The predicted octanol–water partition coefficient (Wildman–Crippen LogP) is 4.58. The second-order valence-electron chi connectivity index (χ2n) is 5.25. The molecule has 3 rings (SSSR count). The molecule has 0 fully saturated rings. The summed E-state index contributed by atoms with van der Waals surface area (Å²) >= 11 is 11.9. The number of aryl methyl sites for hydroxylation is 1. The van der Waals surface area contributed by atoms with E-state index in [0.717, 1.165) is 5.52 Å². The maximum atomic E-state index is 12.6. The summed E-state index contributed by atoms with van der Waals surface area (Å²) in [5, 5.41) is 3.96. The number of carbonyl (C=O) groups is 1. The van der Waals surface area contributed by atoms with Gasteiger partial charge in [-0.05, 0) is 37.3 Å². The van der Waals surface area contributed by atoms with Gasteiger partial charge >= 0.3 is 0 Å². The van der Waals surface area contributed by atoms with Crippen LogP contribution in [0.3, 0.4) is 0 Å². The summed E-state index contributed by atoms with van der Waals surface area (Å²) in [4.78, 5) is 25.2. The quantitative estimate of drug-likeness (QED) is 0.742. The Morgan fingerprint density at radius 3 is 2.62 bits per heavy atom. The Kier molecular flexibility index (Phi) is 4.60. The highest BCUT2D eigenvalue weighted by Crippen LogP contribution is 2.25. The van der Waals surface area contributed by atoms with Gasteiger partial charge in [0.15, 0.2) is 0 Å². The maximum Gasteiger partial charge on any atom is 0.261 e. The molecule has 0 unspecified atom stereocenters. The third-order valence-electron chi connectivity index (χ3n) is 3.75. The van der Waals surface area contributed by atoms with Crippen LogP contribution in [-0.2, 0) is 6.54 Å². The molecule has 3 aromatic rings. The molecule has 1 aromatic heterocycles. The Bertz CT molecular complexity index is 996. The molecular weight excluding hydrogens is 347 g/mol. The van der Waals surface area contributed by atoms with Gasteiger partial charge in [-0.3, -0.25) is 9.59 Å². The average Bonchev–Trinajstić information content (AvgIpc) is 2.58. The Hall–Kier alpha value is -2.30. The van der Waals surface area contributed by atoms with E-state index in [1.165, 1.54) is 6.07 Å². The van der Waals surface area contributed by atoms with Gasteiger partial charge in [0.2, 0.25) is 5.43 Å². The molecule has 24 heavy (non-hydrogen) atoms. The van der Waals surface area contributed by atoms with Crippen LogP contribution in [0.25, 0.3) is 10.9 Å². The lowest BCUT2D eigenvalue weighted by molar-refractivity contribution is 0.102. The Morgan fingerprint density at radius 2 is 1.92 bits per heavy atom. The minimum Gasteiger partial charge on any atom is -0.347 e. The number of pyridine rings is 1. The van der Waals surface area contributed by atoms with Crippen LogP contribution in [0.1, 0.15) is 17.3 Å². The first-order chi connectivity index (χ1) is 11.5. The number of halogens is 2. The van der Waals surface area contributed by atoms with Crippen molar-refractivity contribution in [1.29, 1.82) is 0 Å². The van der Waals surface area contributed by atoms with Crippen LogP contribution in [0.15, 0.2) is 53.5 Å². The van der Waals surface area contributed by atoms with Crippen LogP contribution in [0.5, 0.6) is 0 Å². The summed E-state index contributed by atoms with van der Waals surface area (Å²) in [5.74, 6) is -0.503. The van der Waals surface area contributed by atoms with Gasteiger partial charge in [0.05, 0.1) is 16.2 Å². The van der Waals surface area contributed by atoms with Gasteiger partial charge < -0.3 is 9.88 Å². The van der Waals surface area contributed by atoms with E-state index in [0.29, 0.717) is 27.7 Å². The van der Waals surface area contributed by atoms with Crippen LogP contribution >= 0.6 is 23.2 Å². The van der Waals surface area contributed by atoms with Crippen molar-refractivity contribution in [2.45, 2.75) is 13.5 Å². The number of rotatable bonds is 3. The average molecular weight is 361 g/mol. The number of nitrogens with one attached hydrogen (secondary N) is 1. The van der Waals surface area contributed by atoms with Crippen molar-refractivity contribution >= 4 is 45.7 Å². The van der Waals surface area contributed by atoms with Gasteiger partial charge in [0.1, 0.15) is 5.56 Å². The van der Waals surface area contributed by atoms with Crippen LogP contribution in [0.4, 0.5) is 5.69 Å². The van der Waals surface area contributed by atoms with E-state index in [9.17, 15) is 9.59 Å². The van der Waals surface area contributed by atoms with Crippen LogP contribution in [-0.4, -0.2) is 10.5 Å². The molecule has 1 amide bonds. The van der Waals surface area contributed by atoms with Crippen LogP contribution in [0.2, 0.25) is 10.0 Å². The van der Waals surface area contributed by atoms with Gasteiger partial charge in [-0.25, -0.2) is 0 Å². The highest BCUT2D eigenvalue weighted by molar-refractivity contribution is 6.36. The number of hydrogen-bond donors (Lipinski definition) is 1. The summed E-state index contributed by atoms with van der Waals surface area (Å²) in [7, 11) is 0. The van der Waals surface area contributed by atoms with Gasteiger partial charge in [-0.2, -0.15) is 0 Å². The zero-order chi connectivity index (χ0) is 17.3. The van der Waals surface area contributed by atoms with Crippen molar-refractivity contribution in [3.8, 4) is 0 Å². The largest absolute Gasteiger partial charge is 0.347 e. The first kappa shape index (κ1) is 16.6. The first-order valence-electron chi connectivity index (χ1n) is 7.40. The highest BCUT2D eigenvalue weighted by Gasteiger charge is 2.16. The fourth-order valence-corrected chi connectivity index (χ4v) is 3.00. The zero-order valence-corrected chi connectivity index (χ0v) is 14.4. The van der Waals surface area contributed by atoms with Crippen molar-refractivity contribution < 1.29 is 4.79 Å². The number of carbonyl (C=O) groups excluding carboxylic acids is 1. The summed E-state index contributed by atoms with van der Waals surface area (Å²) in [6.45, 7) is 2.59. The lowest BCUT2D eigenvalue weighted by atomic mass is 10.1. The predicted molar refractivity (Wildman–Crippen MR) is 98.3 cm³/mol. The second kappa shape index (κ2) is 6.67. The fourth-order valence-electron chi connectivity index (χ4n) is 2.55. The van der Waals surface area contributed by atoms with E-state index < -0.39 is 5.91 Å². The molecule has 0 aliphatic heterocycles. The normalized spacial score (nSPS) is 10.8. The molecule has 0 bridgehead atoms. The molecule has 0 atom stereocenters. The van der Waals surface area contributed by atoms with E-state index in [1.54, 1.807) is 30.5 Å². The molecule has 122 valence electrons. The zero-order valence-electron chi connectivity index (χ0n) is 12.8. The third kappa shape index (κ3) is 3.03. The number of amides is 1. The third-order valence-corrected chi connectivity index (χ3v) is 4.30. The van der Waals surface area contributed by atoms with E-state index >= 15 is 0 Å². The lowest BCUT2D eigenvalue weighted by Gasteiger charge is -2.12. The molecule has 1 N–H and O–H groups in total. The molecule has 1 heterocycles. The summed E-state index contributed by atoms with van der Waals surface area (Å²) in [6.07, 6.45) is 1.57. The molecule has 6 heteroatoms. The molecule has 2 aromatic carbocycles. The summed E-state index contributed by atoms with van der Waals surface area (Å²) in [6, 6.07) is 12.0. The number of para-hydroxylation sites is 1. The molecular formula is C18H14Cl2N2O2.